The number of likely N-dealkylation sites (tertiary alicyclic amines) is 1. The number of rotatable bonds is 5. The van der Waals surface area contributed by atoms with Crippen molar-refractivity contribution in [1.82, 2.24) is 4.90 Å². The number of hydrogen-bond acceptors (Lipinski definition) is 6. The zero-order valence-electron chi connectivity index (χ0n) is 14.3. The van der Waals surface area contributed by atoms with E-state index in [4.69, 9.17) is 9.47 Å². The molecule has 2 aliphatic rings. The molecule has 1 aromatic rings. The molecule has 2 heterocycles. The Kier molecular flexibility index (Phi) is 5.62. The highest BCUT2D eigenvalue weighted by molar-refractivity contribution is 5.93. The second kappa shape index (κ2) is 7.90. The topological polar surface area (TPSA) is 93.9 Å². The van der Waals surface area contributed by atoms with Crippen molar-refractivity contribution >= 4 is 17.3 Å². The van der Waals surface area contributed by atoms with Crippen LogP contribution in [-0.4, -0.2) is 54.9 Å². The number of ether oxygens (including phenoxy) is 2. The standard InChI is InChI=1S/C17H23N3O5/c1-12-10-14(20(22)23)2-3-15(12)18-16(21)11-19-6-4-13(5-7-19)17-24-8-9-25-17/h2-3,10,13,17H,4-9,11H2,1H3,(H,18,21). The zero-order chi connectivity index (χ0) is 17.8. The van der Waals surface area contributed by atoms with Gasteiger partial charge in [0.15, 0.2) is 6.29 Å². The summed E-state index contributed by atoms with van der Waals surface area (Å²) < 4.78 is 11.1. The zero-order valence-corrected chi connectivity index (χ0v) is 14.3. The van der Waals surface area contributed by atoms with Crippen LogP contribution < -0.4 is 5.32 Å². The Morgan fingerprint density at radius 1 is 1.32 bits per heavy atom. The number of carbonyl (C=O) groups is 1. The summed E-state index contributed by atoms with van der Waals surface area (Å²) in [5, 5.41) is 13.6. The third kappa shape index (κ3) is 4.53. The largest absolute Gasteiger partial charge is 0.350 e. The fourth-order valence-electron chi connectivity index (χ4n) is 3.33. The average Bonchev–Trinajstić information content (AvgIpc) is 3.11. The third-order valence-corrected chi connectivity index (χ3v) is 4.73. The van der Waals surface area contributed by atoms with Gasteiger partial charge in [0, 0.05) is 23.7 Å². The van der Waals surface area contributed by atoms with Crippen LogP contribution in [0.1, 0.15) is 18.4 Å². The van der Waals surface area contributed by atoms with Crippen molar-refractivity contribution in [3.8, 4) is 0 Å². The Hall–Kier alpha value is -2.03. The van der Waals surface area contributed by atoms with Crippen molar-refractivity contribution in [3.05, 3.63) is 33.9 Å². The summed E-state index contributed by atoms with van der Waals surface area (Å²) >= 11 is 0. The van der Waals surface area contributed by atoms with Gasteiger partial charge in [-0.25, -0.2) is 0 Å². The van der Waals surface area contributed by atoms with Crippen LogP contribution in [0.15, 0.2) is 18.2 Å². The van der Waals surface area contributed by atoms with E-state index in [1.807, 2.05) is 0 Å². The summed E-state index contributed by atoms with van der Waals surface area (Å²) in [7, 11) is 0. The van der Waals surface area contributed by atoms with Crippen molar-refractivity contribution in [2.75, 3.05) is 38.2 Å². The summed E-state index contributed by atoms with van der Waals surface area (Å²) in [5.41, 5.74) is 1.31. The van der Waals surface area contributed by atoms with Crippen molar-refractivity contribution in [1.29, 1.82) is 0 Å². The molecule has 0 bridgehead atoms. The Morgan fingerprint density at radius 2 is 2.00 bits per heavy atom. The van der Waals surface area contributed by atoms with Crippen molar-refractivity contribution in [3.63, 3.8) is 0 Å². The van der Waals surface area contributed by atoms with E-state index in [9.17, 15) is 14.9 Å². The number of anilines is 1. The first-order chi connectivity index (χ1) is 12.0. The number of hydrogen-bond donors (Lipinski definition) is 1. The minimum atomic E-state index is -0.444. The molecular formula is C17H23N3O5. The summed E-state index contributed by atoms with van der Waals surface area (Å²) in [6, 6.07) is 4.44. The van der Waals surface area contributed by atoms with Crippen LogP contribution in [0.3, 0.4) is 0 Å². The Labute approximate surface area is 146 Å². The van der Waals surface area contributed by atoms with Gasteiger partial charge in [-0.3, -0.25) is 19.8 Å². The van der Waals surface area contributed by atoms with Crippen LogP contribution in [0.2, 0.25) is 0 Å². The quantitative estimate of drug-likeness (QED) is 0.645. The molecule has 0 spiro atoms. The monoisotopic (exact) mass is 349 g/mol. The molecule has 0 atom stereocenters. The molecule has 8 nitrogen and oxygen atoms in total. The molecule has 0 aliphatic carbocycles. The van der Waals surface area contributed by atoms with E-state index in [-0.39, 0.29) is 17.9 Å². The van der Waals surface area contributed by atoms with Crippen LogP contribution >= 0.6 is 0 Å². The molecule has 2 saturated heterocycles. The first kappa shape index (κ1) is 17.8. The van der Waals surface area contributed by atoms with E-state index in [0.717, 1.165) is 25.9 Å². The number of nitro groups is 1. The molecule has 0 unspecified atom stereocenters. The predicted molar refractivity (Wildman–Crippen MR) is 91.3 cm³/mol. The van der Waals surface area contributed by atoms with Crippen molar-refractivity contribution < 1.29 is 19.2 Å². The molecular weight excluding hydrogens is 326 g/mol. The van der Waals surface area contributed by atoms with Gasteiger partial charge in [0.2, 0.25) is 5.91 Å². The molecule has 0 saturated carbocycles. The van der Waals surface area contributed by atoms with Crippen LogP contribution in [0, 0.1) is 23.0 Å². The van der Waals surface area contributed by atoms with Gasteiger partial charge >= 0.3 is 0 Å². The van der Waals surface area contributed by atoms with E-state index in [0.29, 0.717) is 36.9 Å². The van der Waals surface area contributed by atoms with Crippen molar-refractivity contribution in [2.45, 2.75) is 26.1 Å². The Bertz CT molecular complexity index is 637. The molecule has 1 amide bonds. The van der Waals surface area contributed by atoms with E-state index in [2.05, 4.69) is 10.2 Å². The van der Waals surface area contributed by atoms with Gasteiger partial charge < -0.3 is 14.8 Å². The molecule has 1 N–H and O–H groups in total. The van der Waals surface area contributed by atoms with E-state index >= 15 is 0 Å². The second-order valence-electron chi connectivity index (χ2n) is 6.53. The maximum Gasteiger partial charge on any atom is 0.269 e. The number of nitrogens with zero attached hydrogens (tertiary/aromatic N) is 2. The lowest BCUT2D eigenvalue weighted by Gasteiger charge is -2.33. The number of non-ortho nitro benzene ring substituents is 1. The van der Waals surface area contributed by atoms with Gasteiger partial charge in [-0.1, -0.05) is 0 Å². The van der Waals surface area contributed by atoms with Crippen LogP contribution in [-0.2, 0) is 14.3 Å². The molecule has 25 heavy (non-hydrogen) atoms. The number of nitro benzene ring substituents is 1. The molecule has 0 aromatic heterocycles. The Balaban J connectivity index is 1.47. The average molecular weight is 349 g/mol. The van der Waals surface area contributed by atoms with E-state index in [1.54, 1.807) is 13.0 Å². The molecule has 1 aromatic carbocycles. The summed E-state index contributed by atoms with van der Waals surface area (Å²) in [5.74, 6) is 0.294. The maximum absolute atomic E-state index is 12.3. The number of amides is 1. The molecule has 2 fully saturated rings. The minimum absolute atomic E-state index is 0.0221. The number of aryl methyl sites for hydroxylation is 1. The van der Waals surface area contributed by atoms with Gasteiger partial charge in [0.1, 0.15) is 0 Å². The predicted octanol–water partition coefficient (Wildman–Crippen LogP) is 1.93. The number of nitrogens with one attached hydrogen (secondary N) is 1. The number of benzene rings is 1. The first-order valence-electron chi connectivity index (χ1n) is 8.53. The van der Waals surface area contributed by atoms with Gasteiger partial charge in [0.05, 0.1) is 24.7 Å². The summed E-state index contributed by atoms with van der Waals surface area (Å²) in [6.45, 7) is 5.07. The van der Waals surface area contributed by atoms with Gasteiger partial charge in [-0.15, -0.1) is 0 Å². The molecule has 3 rings (SSSR count). The van der Waals surface area contributed by atoms with Gasteiger partial charge in [0.25, 0.3) is 5.69 Å². The minimum Gasteiger partial charge on any atom is -0.350 e. The van der Waals surface area contributed by atoms with Gasteiger partial charge in [-0.2, -0.15) is 0 Å². The highest BCUT2D eigenvalue weighted by Gasteiger charge is 2.30. The van der Waals surface area contributed by atoms with Crippen LogP contribution in [0.5, 0.6) is 0 Å². The lowest BCUT2D eigenvalue weighted by molar-refractivity contribution is -0.384. The smallest absolute Gasteiger partial charge is 0.269 e. The Morgan fingerprint density at radius 3 is 2.60 bits per heavy atom. The SMILES string of the molecule is Cc1cc([N+](=O)[O-])ccc1NC(=O)CN1CCC(C2OCCO2)CC1. The van der Waals surface area contributed by atoms with Crippen molar-refractivity contribution in [2.24, 2.45) is 5.92 Å². The lowest BCUT2D eigenvalue weighted by Crippen LogP contribution is -2.41. The molecule has 136 valence electrons. The highest BCUT2D eigenvalue weighted by Crippen LogP contribution is 2.26. The molecule has 0 radical (unpaired) electrons. The molecule has 2 aliphatic heterocycles. The fraction of sp³-hybridized carbons (Fsp3) is 0.588. The van der Waals surface area contributed by atoms with E-state index < -0.39 is 4.92 Å². The number of piperidine rings is 1. The number of carbonyl (C=O) groups excluding carboxylic acids is 1. The van der Waals surface area contributed by atoms with Gasteiger partial charge in [-0.05, 0) is 44.5 Å². The van der Waals surface area contributed by atoms with Crippen LogP contribution in [0.25, 0.3) is 0 Å². The maximum atomic E-state index is 12.3. The normalized spacial score (nSPS) is 19.9. The highest BCUT2D eigenvalue weighted by atomic mass is 16.7. The van der Waals surface area contributed by atoms with E-state index in [1.165, 1.54) is 12.1 Å². The third-order valence-electron chi connectivity index (χ3n) is 4.73. The van der Waals surface area contributed by atoms with Crippen LogP contribution in [0.4, 0.5) is 11.4 Å². The lowest BCUT2D eigenvalue weighted by atomic mass is 9.96. The second-order valence-corrected chi connectivity index (χ2v) is 6.53. The molecule has 8 heteroatoms. The summed E-state index contributed by atoms with van der Waals surface area (Å²) in [6.07, 6.45) is 1.82. The fourth-order valence-corrected chi connectivity index (χ4v) is 3.33. The first-order valence-corrected chi connectivity index (χ1v) is 8.53. The summed E-state index contributed by atoms with van der Waals surface area (Å²) in [4.78, 5) is 24.7.